The van der Waals surface area contributed by atoms with E-state index in [1.165, 1.54) is 5.39 Å². The molecule has 2 aromatic rings. The summed E-state index contributed by atoms with van der Waals surface area (Å²) in [6, 6.07) is 6.18. The van der Waals surface area contributed by atoms with Crippen molar-refractivity contribution in [1.29, 1.82) is 0 Å². The van der Waals surface area contributed by atoms with Gasteiger partial charge < -0.3 is 10.3 Å². The average Bonchev–Trinajstić information content (AvgIpc) is 2.55. The summed E-state index contributed by atoms with van der Waals surface area (Å²) >= 11 is 0. The van der Waals surface area contributed by atoms with E-state index in [-0.39, 0.29) is 0 Å². The van der Waals surface area contributed by atoms with Crippen molar-refractivity contribution in [3.63, 3.8) is 0 Å². The summed E-state index contributed by atoms with van der Waals surface area (Å²) in [5, 5.41) is 4.42. The lowest BCUT2D eigenvalue weighted by molar-refractivity contribution is 1.48. The Morgan fingerprint density at radius 3 is 3.14 bits per heavy atom. The average molecular weight is 183 g/mol. The van der Waals surface area contributed by atoms with Gasteiger partial charge in [0.1, 0.15) is 0 Å². The number of hydrogen-bond acceptors (Lipinski definition) is 2. The van der Waals surface area contributed by atoms with Gasteiger partial charge in [0.2, 0.25) is 0 Å². The molecule has 3 heteroatoms. The summed E-state index contributed by atoms with van der Waals surface area (Å²) in [5.41, 5.74) is 3.36. The highest BCUT2D eigenvalue weighted by molar-refractivity contribution is 6.03. The fourth-order valence-corrected chi connectivity index (χ4v) is 1.71. The SMILES string of the molecule is C1=CNc2c(ccc3[nH]ccc23)C=N1. The van der Waals surface area contributed by atoms with E-state index in [9.17, 15) is 0 Å². The molecule has 14 heavy (non-hydrogen) atoms. The Kier molecular flexibility index (Phi) is 1.44. The van der Waals surface area contributed by atoms with Crippen LogP contribution in [-0.4, -0.2) is 11.2 Å². The zero-order valence-electron chi connectivity index (χ0n) is 7.49. The van der Waals surface area contributed by atoms with Crippen LogP contribution in [0, 0.1) is 0 Å². The number of nitrogens with zero attached hydrogens (tertiary/aromatic N) is 1. The monoisotopic (exact) mass is 183 g/mol. The maximum atomic E-state index is 4.13. The predicted octanol–water partition coefficient (Wildman–Crippen LogP) is 2.48. The second-order valence-corrected chi connectivity index (χ2v) is 3.21. The second kappa shape index (κ2) is 2.73. The van der Waals surface area contributed by atoms with Gasteiger partial charge in [-0.15, -0.1) is 0 Å². The maximum Gasteiger partial charge on any atom is 0.0564 e. The van der Waals surface area contributed by atoms with Crippen molar-refractivity contribution in [1.82, 2.24) is 4.98 Å². The molecule has 1 aromatic carbocycles. The van der Waals surface area contributed by atoms with Crippen molar-refractivity contribution in [3.8, 4) is 0 Å². The molecule has 0 saturated carbocycles. The van der Waals surface area contributed by atoms with Crippen LogP contribution >= 0.6 is 0 Å². The number of rotatable bonds is 0. The number of H-pyrrole nitrogens is 1. The van der Waals surface area contributed by atoms with Crippen LogP contribution in [0.25, 0.3) is 10.9 Å². The van der Waals surface area contributed by atoms with E-state index >= 15 is 0 Å². The summed E-state index contributed by atoms with van der Waals surface area (Å²) in [6.45, 7) is 0. The van der Waals surface area contributed by atoms with E-state index in [4.69, 9.17) is 0 Å². The highest BCUT2D eigenvalue weighted by Crippen LogP contribution is 2.26. The molecule has 0 spiro atoms. The molecular weight excluding hydrogens is 174 g/mol. The molecule has 1 aromatic heterocycles. The van der Waals surface area contributed by atoms with Gasteiger partial charge >= 0.3 is 0 Å². The smallest absolute Gasteiger partial charge is 0.0564 e. The Morgan fingerprint density at radius 2 is 2.14 bits per heavy atom. The van der Waals surface area contributed by atoms with Crippen LogP contribution in [-0.2, 0) is 0 Å². The van der Waals surface area contributed by atoms with Gasteiger partial charge in [-0.05, 0) is 18.2 Å². The zero-order chi connectivity index (χ0) is 9.38. The van der Waals surface area contributed by atoms with Crippen molar-refractivity contribution >= 4 is 22.8 Å². The van der Waals surface area contributed by atoms with Crippen LogP contribution in [0.4, 0.5) is 5.69 Å². The molecule has 0 atom stereocenters. The summed E-state index contributed by atoms with van der Waals surface area (Å²) in [5.74, 6) is 0. The first-order valence-corrected chi connectivity index (χ1v) is 4.50. The Morgan fingerprint density at radius 1 is 1.14 bits per heavy atom. The van der Waals surface area contributed by atoms with Gasteiger partial charge in [0.05, 0.1) is 5.69 Å². The van der Waals surface area contributed by atoms with Gasteiger partial charge in [0.25, 0.3) is 0 Å². The number of aliphatic imine (C=N–C) groups is 1. The topological polar surface area (TPSA) is 40.2 Å². The minimum atomic E-state index is 1.11. The number of nitrogens with one attached hydrogen (secondary N) is 2. The van der Waals surface area contributed by atoms with Gasteiger partial charge in [-0.3, -0.25) is 4.99 Å². The largest absolute Gasteiger partial charge is 0.361 e. The summed E-state index contributed by atoms with van der Waals surface area (Å²) in [7, 11) is 0. The lowest BCUT2D eigenvalue weighted by atomic mass is 10.1. The van der Waals surface area contributed by atoms with Gasteiger partial charge in [-0.25, -0.2) is 0 Å². The third-order valence-electron chi connectivity index (χ3n) is 2.37. The van der Waals surface area contributed by atoms with E-state index < -0.39 is 0 Å². The van der Waals surface area contributed by atoms with Crippen molar-refractivity contribution < 1.29 is 0 Å². The molecule has 0 amide bonds. The van der Waals surface area contributed by atoms with E-state index in [0.29, 0.717) is 0 Å². The molecule has 0 radical (unpaired) electrons. The fraction of sp³-hybridized carbons (Fsp3) is 0. The van der Waals surface area contributed by atoms with E-state index in [1.807, 2.05) is 18.6 Å². The number of aromatic nitrogens is 1. The molecule has 68 valence electrons. The third-order valence-corrected chi connectivity index (χ3v) is 2.37. The van der Waals surface area contributed by atoms with Crippen LogP contribution in [0.15, 0.2) is 41.8 Å². The highest BCUT2D eigenvalue weighted by atomic mass is 14.9. The fourth-order valence-electron chi connectivity index (χ4n) is 1.71. The Bertz CT molecular complexity index is 534. The van der Waals surface area contributed by atoms with Gasteiger partial charge in [-0.2, -0.15) is 0 Å². The van der Waals surface area contributed by atoms with Crippen molar-refractivity contribution in [2.24, 2.45) is 4.99 Å². The highest BCUT2D eigenvalue weighted by Gasteiger charge is 2.06. The molecule has 1 aliphatic rings. The number of benzene rings is 1. The van der Waals surface area contributed by atoms with Crippen molar-refractivity contribution in [2.45, 2.75) is 0 Å². The Labute approximate surface area is 81.2 Å². The van der Waals surface area contributed by atoms with Crippen molar-refractivity contribution in [3.05, 3.63) is 42.4 Å². The Hall–Kier alpha value is -2.03. The molecule has 3 nitrogen and oxygen atoms in total. The lowest BCUT2D eigenvalue weighted by Gasteiger charge is -2.05. The quantitative estimate of drug-likeness (QED) is 0.647. The summed E-state index contributed by atoms with van der Waals surface area (Å²) in [4.78, 5) is 7.31. The predicted molar refractivity (Wildman–Crippen MR) is 58.7 cm³/mol. The summed E-state index contributed by atoms with van der Waals surface area (Å²) < 4.78 is 0. The van der Waals surface area contributed by atoms with Crippen LogP contribution in [0.2, 0.25) is 0 Å². The van der Waals surface area contributed by atoms with Crippen molar-refractivity contribution in [2.75, 3.05) is 5.32 Å². The molecule has 0 saturated heterocycles. The van der Waals surface area contributed by atoms with Gasteiger partial charge in [0, 0.05) is 41.3 Å². The first kappa shape index (κ1) is 7.38. The van der Waals surface area contributed by atoms with Gasteiger partial charge in [-0.1, -0.05) is 0 Å². The number of fused-ring (bicyclic) bond motifs is 3. The van der Waals surface area contributed by atoms with Crippen LogP contribution in [0.5, 0.6) is 0 Å². The molecule has 3 rings (SSSR count). The third kappa shape index (κ3) is 0.956. The normalized spacial score (nSPS) is 13.7. The standard InChI is InChI=1S/C11H9N3/c1-2-10-9(3-4-13-10)11-8(1)7-12-5-6-14-11/h1-7,13-14H. The van der Waals surface area contributed by atoms with Crippen LogP contribution < -0.4 is 5.32 Å². The minimum Gasteiger partial charge on any atom is -0.361 e. The molecule has 0 aliphatic carbocycles. The molecule has 2 N–H and O–H groups in total. The molecule has 1 aliphatic heterocycles. The lowest BCUT2D eigenvalue weighted by Crippen LogP contribution is -1.92. The number of anilines is 1. The minimum absolute atomic E-state index is 1.11. The van der Waals surface area contributed by atoms with Crippen LogP contribution in [0.1, 0.15) is 5.56 Å². The Balaban J connectivity index is 2.38. The van der Waals surface area contributed by atoms with Crippen LogP contribution in [0.3, 0.4) is 0 Å². The van der Waals surface area contributed by atoms with E-state index in [2.05, 4.69) is 33.5 Å². The first-order chi connectivity index (χ1) is 6.95. The maximum absolute atomic E-state index is 4.13. The molecule has 2 heterocycles. The van der Waals surface area contributed by atoms with E-state index in [1.54, 1.807) is 6.20 Å². The number of hydrogen-bond donors (Lipinski definition) is 2. The van der Waals surface area contributed by atoms with E-state index in [0.717, 1.165) is 16.8 Å². The number of aromatic amines is 1. The molecule has 0 fully saturated rings. The molecule has 0 unspecified atom stereocenters. The molecule has 0 bridgehead atoms. The first-order valence-electron chi connectivity index (χ1n) is 4.50. The second-order valence-electron chi connectivity index (χ2n) is 3.21. The van der Waals surface area contributed by atoms with Gasteiger partial charge in [0.15, 0.2) is 0 Å². The molecular formula is C11H9N3. The summed E-state index contributed by atoms with van der Waals surface area (Å²) in [6.07, 6.45) is 7.39. The zero-order valence-corrected chi connectivity index (χ0v) is 7.49.